The summed E-state index contributed by atoms with van der Waals surface area (Å²) >= 11 is 1.72. The zero-order chi connectivity index (χ0) is 9.52. The van der Waals surface area contributed by atoms with Gasteiger partial charge in [0.2, 0.25) is 0 Å². The molecule has 0 spiro atoms. The SMILES string of the molecule is COCC(O)CCCc1ccsc1. The average molecular weight is 200 g/mol. The van der Waals surface area contributed by atoms with Gasteiger partial charge in [0, 0.05) is 7.11 Å². The van der Waals surface area contributed by atoms with Crippen molar-refractivity contribution in [2.75, 3.05) is 13.7 Å². The van der Waals surface area contributed by atoms with E-state index in [2.05, 4.69) is 16.8 Å². The minimum atomic E-state index is -0.302. The number of hydrogen-bond donors (Lipinski definition) is 1. The Morgan fingerprint density at radius 2 is 2.46 bits per heavy atom. The molecular formula is C10H16O2S. The van der Waals surface area contributed by atoms with E-state index in [1.54, 1.807) is 18.4 Å². The maximum atomic E-state index is 9.36. The van der Waals surface area contributed by atoms with Gasteiger partial charge in [-0.25, -0.2) is 0 Å². The Kier molecular flexibility index (Phi) is 5.05. The van der Waals surface area contributed by atoms with E-state index in [9.17, 15) is 5.11 Å². The van der Waals surface area contributed by atoms with E-state index in [1.807, 2.05) is 0 Å². The highest BCUT2D eigenvalue weighted by Gasteiger charge is 2.02. The quantitative estimate of drug-likeness (QED) is 0.762. The zero-order valence-electron chi connectivity index (χ0n) is 7.90. The normalized spacial score (nSPS) is 13.1. The maximum absolute atomic E-state index is 9.36. The van der Waals surface area contributed by atoms with Crippen LogP contribution in [0.1, 0.15) is 18.4 Å². The molecule has 1 heterocycles. The molecule has 1 unspecified atom stereocenters. The summed E-state index contributed by atoms with van der Waals surface area (Å²) < 4.78 is 4.84. The second kappa shape index (κ2) is 6.13. The van der Waals surface area contributed by atoms with Crippen LogP contribution in [0.4, 0.5) is 0 Å². The van der Waals surface area contributed by atoms with Crippen LogP contribution < -0.4 is 0 Å². The van der Waals surface area contributed by atoms with Crippen molar-refractivity contribution in [1.29, 1.82) is 0 Å². The van der Waals surface area contributed by atoms with Crippen LogP contribution in [0, 0.1) is 0 Å². The van der Waals surface area contributed by atoms with Gasteiger partial charge in [-0.2, -0.15) is 11.3 Å². The third-order valence-electron chi connectivity index (χ3n) is 1.94. The van der Waals surface area contributed by atoms with E-state index in [0.717, 1.165) is 19.3 Å². The largest absolute Gasteiger partial charge is 0.391 e. The van der Waals surface area contributed by atoms with Gasteiger partial charge in [-0.15, -0.1) is 0 Å². The Hall–Kier alpha value is -0.380. The molecule has 2 nitrogen and oxygen atoms in total. The highest BCUT2D eigenvalue weighted by atomic mass is 32.1. The van der Waals surface area contributed by atoms with Crippen LogP contribution in [0.3, 0.4) is 0 Å². The van der Waals surface area contributed by atoms with E-state index in [0.29, 0.717) is 6.61 Å². The van der Waals surface area contributed by atoms with Gasteiger partial charge in [-0.3, -0.25) is 0 Å². The molecule has 0 aliphatic heterocycles. The van der Waals surface area contributed by atoms with Gasteiger partial charge in [-0.05, 0) is 41.7 Å². The first-order chi connectivity index (χ1) is 6.33. The van der Waals surface area contributed by atoms with Crippen LogP contribution in [0.15, 0.2) is 16.8 Å². The Morgan fingerprint density at radius 3 is 3.08 bits per heavy atom. The minimum absolute atomic E-state index is 0.302. The fourth-order valence-corrected chi connectivity index (χ4v) is 1.96. The van der Waals surface area contributed by atoms with Crippen molar-refractivity contribution in [2.24, 2.45) is 0 Å². The van der Waals surface area contributed by atoms with Gasteiger partial charge in [-0.1, -0.05) is 0 Å². The van der Waals surface area contributed by atoms with Gasteiger partial charge in [0.05, 0.1) is 12.7 Å². The molecule has 0 amide bonds. The Morgan fingerprint density at radius 1 is 1.62 bits per heavy atom. The van der Waals surface area contributed by atoms with E-state index in [4.69, 9.17) is 4.74 Å². The summed E-state index contributed by atoms with van der Waals surface area (Å²) in [4.78, 5) is 0. The third kappa shape index (κ3) is 4.41. The zero-order valence-corrected chi connectivity index (χ0v) is 8.72. The summed E-state index contributed by atoms with van der Waals surface area (Å²) in [5.41, 5.74) is 1.37. The lowest BCUT2D eigenvalue weighted by atomic mass is 10.1. The standard InChI is InChI=1S/C10H16O2S/c1-12-7-10(11)4-2-3-9-5-6-13-8-9/h5-6,8,10-11H,2-4,7H2,1H3. The molecule has 74 valence electrons. The molecule has 3 heteroatoms. The van der Waals surface area contributed by atoms with Crippen molar-refractivity contribution >= 4 is 11.3 Å². The van der Waals surface area contributed by atoms with Crippen LogP contribution >= 0.6 is 11.3 Å². The minimum Gasteiger partial charge on any atom is -0.391 e. The molecule has 0 bridgehead atoms. The maximum Gasteiger partial charge on any atom is 0.0773 e. The lowest BCUT2D eigenvalue weighted by molar-refractivity contribution is 0.0581. The smallest absolute Gasteiger partial charge is 0.0773 e. The van der Waals surface area contributed by atoms with Crippen LogP contribution in [0.2, 0.25) is 0 Å². The lowest BCUT2D eigenvalue weighted by Crippen LogP contribution is -2.13. The summed E-state index contributed by atoms with van der Waals surface area (Å²) in [6, 6.07) is 2.13. The number of aryl methyl sites for hydroxylation is 1. The highest BCUT2D eigenvalue weighted by Crippen LogP contribution is 2.10. The number of aliphatic hydroxyl groups excluding tert-OH is 1. The first kappa shape index (κ1) is 10.7. The predicted molar refractivity (Wildman–Crippen MR) is 55.1 cm³/mol. The second-order valence-electron chi connectivity index (χ2n) is 3.13. The third-order valence-corrected chi connectivity index (χ3v) is 2.67. The van der Waals surface area contributed by atoms with Crippen molar-refractivity contribution in [3.63, 3.8) is 0 Å². The van der Waals surface area contributed by atoms with Crippen molar-refractivity contribution in [2.45, 2.75) is 25.4 Å². The van der Waals surface area contributed by atoms with Gasteiger partial charge in [0.25, 0.3) is 0 Å². The Labute approximate surface area is 83.2 Å². The van der Waals surface area contributed by atoms with E-state index >= 15 is 0 Å². The van der Waals surface area contributed by atoms with Gasteiger partial charge >= 0.3 is 0 Å². The number of thiophene rings is 1. The molecule has 0 saturated carbocycles. The van der Waals surface area contributed by atoms with Crippen molar-refractivity contribution in [3.05, 3.63) is 22.4 Å². The summed E-state index contributed by atoms with van der Waals surface area (Å²) in [6.45, 7) is 0.448. The molecule has 0 saturated heterocycles. The summed E-state index contributed by atoms with van der Waals surface area (Å²) in [5.74, 6) is 0. The highest BCUT2D eigenvalue weighted by molar-refractivity contribution is 7.07. The monoisotopic (exact) mass is 200 g/mol. The molecule has 1 atom stereocenters. The molecule has 0 fully saturated rings. The van der Waals surface area contributed by atoms with Crippen molar-refractivity contribution in [1.82, 2.24) is 0 Å². The second-order valence-corrected chi connectivity index (χ2v) is 3.91. The molecule has 13 heavy (non-hydrogen) atoms. The van der Waals surface area contributed by atoms with Gasteiger partial charge in [0.15, 0.2) is 0 Å². The first-order valence-electron chi connectivity index (χ1n) is 4.51. The summed E-state index contributed by atoms with van der Waals surface area (Å²) in [6.07, 6.45) is 2.61. The molecular weight excluding hydrogens is 184 g/mol. The number of aliphatic hydroxyl groups is 1. The van der Waals surface area contributed by atoms with Gasteiger partial charge < -0.3 is 9.84 Å². The Balaban J connectivity index is 2.07. The molecule has 0 aromatic carbocycles. The van der Waals surface area contributed by atoms with Crippen molar-refractivity contribution < 1.29 is 9.84 Å². The van der Waals surface area contributed by atoms with E-state index in [-0.39, 0.29) is 6.10 Å². The van der Waals surface area contributed by atoms with E-state index < -0.39 is 0 Å². The van der Waals surface area contributed by atoms with Crippen LogP contribution in [0.5, 0.6) is 0 Å². The summed E-state index contributed by atoms with van der Waals surface area (Å²) in [5, 5.41) is 13.6. The van der Waals surface area contributed by atoms with E-state index in [1.165, 1.54) is 5.56 Å². The summed E-state index contributed by atoms with van der Waals surface area (Å²) in [7, 11) is 1.61. The average Bonchev–Trinajstić information content (AvgIpc) is 2.57. The molecule has 1 aromatic rings. The number of methoxy groups -OCH3 is 1. The number of hydrogen-bond acceptors (Lipinski definition) is 3. The fraction of sp³-hybridized carbons (Fsp3) is 0.600. The Bertz CT molecular complexity index is 209. The molecule has 0 aliphatic rings. The molecule has 1 aromatic heterocycles. The fourth-order valence-electron chi connectivity index (χ4n) is 1.25. The predicted octanol–water partition coefficient (Wildman–Crippen LogP) is 2.08. The molecule has 1 N–H and O–H groups in total. The van der Waals surface area contributed by atoms with Crippen LogP contribution in [0.25, 0.3) is 0 Å². The van der Waals surface area contributed by atoms with Crippen LogP contribution in [-0.4, -0.2) is 24.9 Å². The number of ether oxygens (including phenoxy) is 1. The molecule has 0 aliphatic carbocycles. The van der Waals surface area contributed by atoms with Gasteiger partial charge in [0.1, 0.15) is 0 Å². The van der Waals surface area contributed by atoms with Crippen molar-refractivity contribution in [3.8, 4) is 0 Å². The number of rotatable bonds is 6. The van der Waals surface area contributed by atoms with Crippen LogP contribution in [-0.2, 0) is 11.2 Å². The first-order valence-corrected chi connectivity index (χ1v) is 5.45. The lowest BCUT2D eigenvalue weighted by Gasteiger charge is -2.07. The topological polar surface area (TPSA) is 29.5 Å². The molecule has 0 radical (unpaired) electrons. The molecule has 1 rings (SSSR count).